The van der Waals surface area contributed by atoms with Crippen molar-refractivity contribution in [1.82, 2.24) is 4.90 Å². The predicted molar refractivity (Wildman–Crippen MR) is 79.0 cm³/mol. The van der Waals surface area contributed by atoms with Crippen LogP contribution in [0.2, 0.25) is 0 Å². The van der Waals surface area contributed by atoms with Crippen molar-refractivity contribution in [3.05, 3.63) is 33.8 Å². The van der Waals surface area contributed by atoms with Crippen molar-refractivity contribution in [3.8, 4) is 0 Å². The highest BCUT2D eigenvalue weighted by Crippen LogP contribution is 2.30. The van der Waals surface area contributed by atoms with Gasteiger partial charge in [-0.05, 0) is 30.5 Å². The van der Waals surface area contributed by atoms with Gasteiger partial charge in [0.05, 0.1) is 0 Å². The number of rotatable bonds is 2. The molecule has 1 aliphatic heterocycles. The molecule has 0 aliphatic carbocycles. The Hall–Kier alpha value is -0.720. The van der Waals surface area contributed by atoms with Crippen molar-refractivity contribution in [2.75, 3.05) is 19.6 Å². The zero-order chi connectivity index (χ0) is 14.2. The standard InChI is InChI=1S/C13H15BrF2N2O.ClH/c1-13(6-17)2-3-18(7-13)12(19)11-9(15)4-8(14)5-10(11)16;/h4-5H,2-3,6-7,17H2,1H3;1H. The number of carbonyl (C=O) groups excluding carboxylic acids is 1. The van der Waals surface area contributed by atoms with Crippen LogP contribution < -0.4 is 5.73 Å². The summed E-state index contributed by atoms with van der Waals surface area (Å²) in [5, 5.41) is 0. The molecule has 7 heteroatoms. The van der Waals surface area contributed by atoms with Crippen LogP contribution in [0.25, 0.3) is 0 Å². The summed E-state index contributed by atoms with van der Waals surface area (Å²) < 4.78 is 27.8. The molecule has 1 aromatic rings. The Morgan fingerprint density at radius 2 is 2.00 bits per heavy atom. The van der Waals surface area contributed by atoms with Gasteiger partial charge in [-0.1, -0.05) is 22.9 Å². The molecule has 0 spiro atoms. The second-order valence-electron chi connectivity index (χ2n) is 5.24. The lowest BCUT2D eigenvalue weighted by atomic mass is 9.90. The van der Waals surface area contributed by atoms with Gasteiger partial charge in [0.25, 0.3) is 5.91 Å². The third-order valence-electron chi connectivity index (χ3n) is 3.56. The van der Waals surface area contributed by atoms with Crippen molar-refractivity contribution in [2.24, 2.45) is 11.1 Å². The average Bonchev–Trinajstić information content (AvgIpc) is 2.71. The quantitative estimate of drug-likeness (QED) is 0.871. The van der Waals surface area contributed by atoms with Crippen molar-refractivity contribution >= 4 is 34.2 Å². The van der Waals surface area contributed by atoms with Crippen LogP contribution in [-0.2, 0) is 0 Å². The summed E-state index contributed by atoms with van der Waals surface area (Å²) in [6.45, 7) is 3.31. The van der Waals surface area contributed by atoms with Gasteiger partial charge < -0.3 is 10.6 Å². The van der Waals surface area contributed by atoms with Crippen molar-refractivity contribution < 1.29 is 13.6 Å². The molecule has 1 amide bonds. The van der Waals surface area contributed by atoms with E-state index in [1.807, 2.05) is 6.92 Å². The molecule has 1 aliphatic rings. The number of hydrogen-bond acceptors (Lipinski definition) is 2. The maximum absolute atomic E-state index is 13.7. The fraction of sp³-hybridized carbons (Fsp3) is 0.462. The van der Waals surface area contributed by atoms with Crippen molar-refractivity contribution in [1.29, 1.82) is 0 Å². The van der Waals surface area contributed by atoms with Gasteiger partial charge in [0.2, 0.25) is 0 Å². The van der Waals surface area contributed by atoms with E-state index in [1.54, 1.807) is 0 Å². The minimum absolute atomic E-state index is 0. The third-order valence-corrected chi connectivity index (χ3v) is 4.02. The molecule has 1 heterocycles. The Kier molecular flexibility index (Phi) is 5.52. The van der Waals surface area contributed by atoms with Crippen molar-refractivity contribution in [2.45, 2.75) is 13.3 Å². The van der Waals surface area contributed by atoms with E-state index in [0.717, 1.165) is 18.6 Å². The maximum atomic E-state index is 13.7. The van der Waals surface area contributed by atoms with E-state index in [1.165, 1.54) is 4.90 Å². The molecule has 3 nitrogen and oxygen atoms in total. The predicted octanol–water partition coefficient (Wildman–Crippen LogP) is 2.96. The van der Waals surface area contributed by atoms with Crippen LogP contribution in [0.4, 0.5) is 8.78 Å². The number of hydrogen-bond donors (Lipinski definition) is 1. The van der Waals surface area contributed by atoms with E-state index in [-0.39, 0.29) is 22.3 Å². The molecule has 112 valence electrons. The highest BCUT2D eigenvalue weighted by Gasteiger charge is 2.36. The first-order valence-electron chi connectivity index (χ1n) is 6.00. The van der Waals surface area contributed by atoms with Crippen LogP contribution in [0.3, 0.4) is 0 Å². The fourth-order valence-corrected chi connectivity index (χ4v) is 2.67. The van der Waals surface area contributed by atoms with Gasteiger partial charge in [-0.2, -0.15) is 0 Å². The van der Waals surface area contributed by atoms with Crippen LogP contribution in [-0.4, -0.2) is 30.4 Å². The van der Waals surface area contributed by atoms with Crippen LogP contribution in [0.1, 0.15) is 23.7 Å². The number of likely N-dealkylation sites (tertiary alicyclic amines) is 1. The Morgan fingerprint density at radius 3 is 2.45 bits per heavy atom. The smallest absolute Gasteiger partial charge is 0.259 e. The number of benzene rings is 1. The minimum atomic E-state index is -0.849. The molecule has 0 aromatic heterocycles. The number of carbonyl (C=O) groups is 1. The summed E-state index contributed by atoms with van der Waals surface area (Å²) in [6, 6.07) is 2.18. The first kappa shape index (κ1) is 17.3. The molecule has 0 radical (unpaired) electrons. The summed E-state index contributed by atoms with van der Waals surface area (Å²) in [6.07, 6.45) is 0.745. The molecule has 2 rings (SSSR count). The topological polar surface area (TPSA) is 46.3 Å². The molecule has 20 heavy (non-hydrogen) atoms. The lowest BCUT2D eigenvalue weighted by Gasteiger charge is -2.22. The number of amides is 1. The first-order valence-corrected chi connectivity index (χ1v) is 6.79. The Labute approximate surface area is 131 Å². The largest absolute Gasteiger partial charge is 0.338 e. The summed E-state index contributed by atoms with van der Waals surface area (Å²) in [7, 11) is 0. The van der Waals surface area contributed by atoms with Gasteiger partial charge in [-0.25, -0.2) is 8.78 Å². The molecular formula is C13H16BrClF2N2O. The van der Waals surface area contributed by atoms with Crippen molar-refractivity contribution in [3.63, 3.8) is 0 Å². The molecule has 0 bridgehead atoms. The normalized spacial score (nSPS) is 21.8. The first-order chi connectivity index (χ1) is 8.86. The van der Waals surface area contributed by atoms with Crippen LogP contribution in [0, 0.1) is 17.0 Å². The SMILES string of the molecule is CC1(CN)CCN(C(=O)c2c(F)cc(Br)cc2F)C1.Cl. The van der Waals surface area contributed by atoms with Gasteiger partial charge in [0.15, 0.2) is 0 Å². The van der Waals surface area contributed by atoms with E-state index >= 15 is 0 Å². The van der Waals surface area contributed by atoms with E-state index < -0.39 is 23.1 Å². The van der Waals surface area contributed by atoms with E-state index in [9.17, 15) is 13.6 Å². The second-order valence-corrected chi connectivity index (χ2v) is 6.15. The zero-order valence-electron chi connectivity index (χ0n) is 11.0. The summed E-state index contributed by atoms with van der Waals surface area (Å²) in [5.74, 6) is -2.31. The maximum Gasteiger partial charge on any atom is 0.259 e. The molecular weight excluding hydrogens is 354 g/mol. The van der Waals surface area contributed by atoms with Crippen LogP contribution in [0.15, 0.2) is 16.6 Å². The van der Waals surface area contributed by atoms with Gasteiger partial charge in [-0.15, -0.1) is 12.4 Å². The lowest BCUT2D eigenvalue weighted by molar-refractivity contribution is 0.0767. The third kappa shape index (κ3) is 3.30. The number of nitrogens with zero attached hydrogens (tertiary/aromatic N) is 1. The molecule has 1 unspecified atom stereocenters. The van der Waals surface area contributed by atoms with Gasteiger partial charge in [-0.3, -0.25) is 4.79 Å². The van der Waals surface area contributed by atoms with Gasteiger partial charge in [0, 0.05) is 17.6 Å². The molecule has 1 fully saturated rings. The number of nitrogens with two attached hydrogens (primary N) is 1. The highest BCUT2D eigenvalue weighted by atomic mass is 79.9. The second kappa shape index (κ2) is 6.37. The van der Waals surface area contributed by atoms with E-state index in [4.69, 9.17) is 5.73 Å². The lowest BCUT2D eigenvalue weighted by Crippen LogP contribution is -2.35. The van der Waals surface area contributed by atoms with Crippen LogP contribution >= 0.6 is 28.3 Å². The Bertz CT molecular complexity index is 506. The van der Waals surface area contributed by atoms with E-state index in [0.29, 0.717) is 19.6 Å². The molecule has 1 atom stereocenters. The van der Waals surface area contributed by atoms with Gasteiger partial charge in [0.1, 0.15) is 17.2 Å². The molecule has 1 aromatic carbocycles. The number of halogens is 4. The molecule has 2 N–H and O–H groups in total. The average molecular weight is 370 g/mol. The van der Waals surface area contributed by atoms with Gasteiger partial charge >= 0.3 is 0 Å². The minimum Gasteiger partial charge on any atom is -0.338 e. The molecule has 1 saturated heterocycles. The highest BCUT2D eigenvalue weighted by molar-refractivity contribution is 9.10. The summed E-state index contributed by atoms with van der Waals surface area (Å²) >= 11 is 2.99. The van der Waals surface area contributed by atoms with E-state index in [2.05, 4.69) is 15.9 Å². The summed E-state index contributed by atoms with van der Waals surface area (Å²) in [4.78, 5) is 13.7. The Morgan fingerprint density at radius 1 is 1.45 bits per heavy atom. The fourth-order valence-electron chi connectivity index (χ4n) is 2.27. The Balaban J connectivity index is 0.00000200. The van der Waals surface area contributed by atoms with Crippen LogP contribution in [0.5, 0.6) is 0 Å². The zero-order valence-corrected chi connectivity index (χ0v) is 13.4. The summed E-state index contributed by atoms with van der Waals surface area (Å²) in [5.41, 5.74) is 4.99. The monoisotopic (exact) mass is 368 g/mol. The molecule has 0 saturated carbocycles.